The van der Waals surface area contributed by atoms with Gasteiger partial charge in [-0.2, -0.15) is 5.10 Å². The normalized spacial score (nSPS) is 18.6. The first-order chi connectivity index (χ1) is 14.2. The zero-order valence-electron chi connectivity index (χ0n) is 16.3. The topological polar surface area (TPSA) is 38.1 Å². The van der Waals surface area contributed by atoms with Crippen LogP contribution in [0.4, 0.5) is 4.39 Å². The van der Waals surface area contributed by atoms with Crippen molar-refractivity contribution in [2.75, 3.05) is 13.1 Å². The first-order valence-electron chi connectivity index (χ1n) is 10.3. The summed E-state index contributed by atoms with van der Waals surface area (Å²) >= 11 is 0. The molecule has 29 heavy (non-hydrogen) atoms. The van der Waals surface area contributed by atoms with E-state index in [1.807, 2.05) is 41.6 Å². The molecule has 3 aromatic rings. The summed E-state index contributed by atoms with van der Waals surface area (Å²) in [5.74, 6) is 0.407. The summed E-state index contributed by atoms with van der Waals surface area (Å²) in [4.78, 5) is 15.3. The fourth-order valence-corrected chi connectivity index (χ4v) is 4.53. The SMILES string of the molecule is O=C(N1CCC(c2cnn(-c3cccc(F)c3)c2)CC1)C1(c2ccccc2)CC1. The molecule has 0 bridgehead atoms. The number of likely N-dealkylation sites (tertiary alicyclic amines) is 1. The van der Waals surface area contributed by atoms with Crippen LogP contribution < -0.4 is 0 Å². The monoisotopic (exact) mass is 389 g/mol. The maximum absolute atomic E-state index is 13.5. The van der Waals surface area contributed by atoms with E-state index in [1.165, 1.54) is 12.1 Å². The van der Waals surface area contributed by atoms with E-state index < -0.39 is 0 Å². The molecule has 1 aliphatic heterocycles. The number of aromatic nitrogens is 2. The van der Waals surface area contributed by atoms with E-state index in [1.54, 1.807) is 10.7 Å². The van der Waals surface area contributed by atoms with Gasteiger partial charge < -0.3 is 4.90 Å². The van der Waals surface area contributed by atoms with Crippen LogP contribution in [0.5, 0.6) is 0 Å². The number of nitrogens with zero attached hydrogens (tertiary/aromatic N) is 3. The van der Waals surface area contributed by atoms with Crippen molar-refractivity contribution in [3.05, 3.63) is 83.9 Å². The van der Waals surface area contributed by atoms with E-state index in [4.69, 9.17) is 0 Å². The standard InChI is InChI=1S/C24H24FN3O/c25-21-7-4-8-22(15-21)28-17-19(16-26-28)18-9-13-27(14-10-18)23(29)24(11-12-24)20-5-2-1-3-6-20/h1-8,15-18H,9-14H2. The highest BCUT2D eigenvalue weighted by Gasteiger charge is 2.53. The maximum atomic E-state index is 13.5. The van der Waals surface area contributed by atoms with Gasteiger partial charge in [0, 0.05) is 19.3 Å². The largest absolute Gasteiger partial charge is 0.342 e. The number of rotatable bonds is 4. The molecule has 2 heterocycles. The average Bonchev–Trinajstić information content (AvgIpc) is 3.43. The van der Waals surface area contributed by atoms with Crippen molar-refractivity contribution in [2.24, 2.45) is 0 Å². The molecule has 5 rings (SSSR count). The van der Waals surface area contributed by atoms with Crippen LogP contribution in [0.3, 0.4) is 0 Å². The number of amides is 1. The number of hydrogen-bond donors (Lipinski definition) is 0. The summed E-state index contributed by atoms with van der Waals surface area (Å²) in [7, 11) is 0. The Morgan fingerprint density at radius 3 is 2.48 bits per heavy atom. The van der Waals surface area contributed by atoms with Crippen LogP contribution in [0.25, 0.3) is 5.69 Å². The van der Waals surface area contributed by atoms with Crippen molar-refractivity contribution in [2.45, 2.75) is 37.0 Å². The first kappa shape index (κ1) is 18.1. The smallest absolute Gasteiger partial charge is 0.233 e. The number of benzene rings is 2. The molecule has 2 aromatic carbocycles. The molecule has 1 aliphatic carbocycles. The highest BCUT2D eigenvalue weighted by Crippen LogP contribution is 2.50. The molecule has 1 amide bonds. The van der Waals surface area contributed by atoms with Gasteiger partial charge in [-0.1, -0.05) is 36.4 Å². The van der Waals surface area contributed by atoms with E-state index in [0.717, 1.165) is 55.6 Å². The Bertz CT molecular complexity index is 1020. The lowest BCUT2D eigenvalue weighted by atomic mass is 9.89. The van der Waals surface area contributed by atoms with E-state index in [2.05, 4.69) is 17.2 Å². The molecule has 0 atom stereocenters. The lowest BCUT2D eigenvalue weighted by Crippen LogP contribution is -2.43. The molecule has 5 heteroatoms. The van der Waals surface area contributed by atoms with Crippen LogP contribution in [0, 0.1) is 5.82 Å². The Kier molecular flexibility index (Phi) is 4.46. The number of carbonyl (C=O) groups is 1. The zero-order valence-corrected chi connectivity index (χ0v) is 16.3. The van der Waals surface area contributed by atoms with Crippen molar-refractivity contribution in [1.82, 2.24) is 14.7 Å². The molecule has 0 unspecified atom stereocenters. The van der Waals surface area contributed by atoms with Crippen LogP contribution in [0.2, 0.25) is 0 Å². The highest BCUT2D eigenvalue weighted by atomic mass is 19.1. The van der Waals surface area contributed by atoms with Gasteiger partial charge >= 0.3 is 0 Å². The van der Waals surface area contributed by atoms with Gasteiger partial charge in [0.25, 0.3) is 0 Å². The number of halogens is 1. The minimum absolute atomic E-state index is 0.265. The molecule has 2 fully saturated rings. The molecule has 0 spiro atoms. The summed E-state index contributed by atoms with van der Waals surface area (Å²) in [5.41, 5.74) is 2.76. The van der Waals surface area contributed by atoms with Crippen molar-refractivity contribution in [3.8, 4) is 5.69 Å². The van der Waals surface area contributed by atoms with Gasteiger partial charge in [-0.25, -0.2) is 9.07 Å². The Morgan fingerprint density at radius 1 is 1.03 bits per heavy atom. The van der Waals surface area contributed by atoms with Gasteiger partial charge in [-0.15, -0.1) is 0 Å². The van der Waals surface area contributed by atoms with Gasteiger partial charge in [0.2, 0.25) is 5.91 Å². The van der Waals surface area contributed by atoms with Crippen molar-refractivity contribution in [1.29, 1.82) is 0 Å². The van der Waals surface area contributed by atoms with E-state index in [-0.39, 0.29) is 17.1 Å². The zero-order chi connectivity index (χ0) is 19.8. The number of piperidine rings is 1. The summed E-state index contributed by atoms with van der Waals surface area (Å²) < 4.78 is 15.2. The maximum Gasteiger partial charge on any atom is 0.233 e. The second-order valence-corrected chi connectivity index (χ2v) is 8.21. The minimum atomic E-state index is -0.281. The molecule has 0 N–H and O–H groups in total. The molecule has 1 aromatic heterocycles. The predicted molar refractivity (Wildman–Crippen MR) is 109 cm³/mol. The van der Waals surface area contributed by atoms with Crippen LogP contribution in [0.1, 0.15) is 42.7 Å². The third kappa shape index (κ3) is 3.35. The fraction of sp³-hybridized carbons (Fsp3) is 0.333. The third-order valence-corrected chi connectivity index (χ3v) is 6.41. The Labute approximate surface area is 170 Å². The second kappa shape index (κ2) is 7.14. The average molecular weight is 389 g/mol. The molecule has 4 nitrogen and oxygen atoms in total. The minimum Gasteiger partial charge on any atom is -0.342 e. The third-order valence-electron chi connectivity index (χ3n) is 6.41. The van der Waals surface area contributed by atoms with Gasteiger partial charge in [-0.05, 0) is 60.9 Å². The van der Waals surface area contributed by atoms with E-state index >= 15 is 0 Å². The highest BCUT2D eigenvalue weighted by molar-refractivity contribution is 5.91. The molecule has 1 saturated carbocycles. The van der Waals surface area contributed by atoms with Crippen molar-refractivity contribution < 1.29 is 9.18 Å². The van der Waals surface area contributed by atoms with Gasteiger partial charge in [0.1, 0.15) is 5.82 Å². The number of carbonyl (C=O) groups excluding carboxylic acids is 1. The molecule has 148 valence electrons. The van der Waals surface area contributed by atoms with E-state index in [0.29, 0.717) is 5.92 Å². The summed E-state index contributed by atoms with van der Waals surface area (Å²) in [6.07, 6.45) is 7.64. The summed E-state index contributed by atoms with van der Waals surface area (Å²) in [5, 5.41) is 4.42. The summed E-state index contributed by atoms with van der Waals surface area (Å²) in [6, 6.07) is 16.7. The predicted octanol–water partition coefficient (Wildman–Crippen LogP) is 4.45. The molecular formula is C24H24FN3O. The van der Waals surface area contributed by atoms with Crippen molar-refractivity contribution in [3.63, 3.8) is 0 Å². The van der Waals surface area contributed by atoms with Crippen molar-refractivity contribution >= 4 is 5.91 Å². The molecular weight excluding hydrogens is 365 g/mol. The summed E-state index contributed by atoms with van der Waals surface area (Å²) in [6.45, 7) is 1.56. The second-order valence-electron chi connectivity index (χ2n) is 8.21. The van der Waals surface area contributed by atoms with Crippen LogP contribution in [-0.4, -0.2) is 33.7 Å². The van der Waals surface area contributed by atoms with Gasteiger partial charge in [-0.3, -0.25) is 4.79 Å². The molecule has 1 saturated heterocycles. The van der Waals surface area contributed by atoms with Crippen LogP contribution >= 0.6 is 0 Å². The first-order valence-corrected chi connectivity index (χ1v) is 10.3. The lowest BCUT2D eigenvalue weighted by molar-refractivity contribution is -0.135. The Morgan fingerprint density at radius 2 is 1.79 bits per heavy atom. The molecule has 2 aliphatic rings. The van der Waals surface area contributed by atoms with Gasteiger partial charge in [0.05, 0.1) is 17.3 Å². The Balaban J connectivity index is 1.25. The lowest BCUT2D eigenvalue weighted by Gasteiger charge is -2.34. The van der Waals surface area contributed by atoms with Crippen LogP contribution in [0.15, 0.2) is 67.0 Å². The van der Waals surface area contributed by atoms with Crippen LogP contribution in [-0.2, 0) is 10.2 Å². The van der Waals surface area contributed by atoms with E-state index in [9.17, 15) is 9.18 Å². The Hall–Kier alpha value is -2.95. The molecule has 0 radical (unpaired) electrons. The quantitative estimate of drug-likeness (QED) is 0.661. The van der Waals surface area contributed by atoms with Gasteiger partial charge in [0.15, 0.2) is 0 Å². The number of hydrogen-bond acceptors (Lipinski definition) is 2. The fourth-order valence-electron chi connectivity index (χ4n) is 4.53.